The molecule has 0 spiro atoms. The third kappa shape index (κ3) is 2.83. The van der Waals surface area contributed by atoms with Crippen molar-refractivity contribution in [2.75, 3.05) is 7.11 Å². The maximum absolute atomic E-state index is 5.40. The van der Waals surface area contributed by atoms with Gasteiger partial charge in [-0.25, -0.2) is 4.98 Å². The predicted octanol–water partition coefficient (Wildman–Crippen LogP) is 3.65. The van der Waals surface area contributed by atoms with Crippen LogP contribution in [-0.2, 0) is 13.0 Å². The molecule has 2 aromatic heterocycles. The molecule has 3 aromatic rings. The topological polar surface area (TPSA) is 42.8 Å². The van der Waals surface area contributed by atoms with Crippen LogP contribution in [0, 0.1) is 11.7 Å². The number of nitrogens with zero attached hydrogens (tertiary/aromatic N) is 2. The zero-order valence-electron chi connectivity index (χ0n) is 12.1. The van der Waals surface area contributed by atoms with E-state index in [2.05, 4.69) is 26.7 Å². The lowest BCUT2D eigenvalue weighted by molar-refractivity contribution is 0.414. The van der Waals surface area contributed by atoms with Gasteiger partial charge in [0.15, 0.2) is 10.4 Å². The molecular formula is C16H17N3OS. The van der Waals surface area contributed by atoms with Gasteiger partial charge in [-0.05, 0) is 55.4 Å². The number of aromatic nitrogens is 3. The number of pyridine rings is 1. The van der Waals surface area contributed by atoms with Crippen LogP contribution in [0.15, 0.2) is 36.4 Å². The minimum atomic E-state index is 0.719. The average molecular weight is 299 g/mol. The molecular weight excluding hydrogens is 282 g/mol. The van der Waals surface area contributed by atoms with E-state index < -0.39 is 0 Å². The van der Waals surface area contributed by atoms with Crippen molar-refractivity contribution >= 4 is 23.4 Å². The van der Waals surface area contributed by atoms with Crippen LogP contribution in [0.4, 0.5) is 0 Å². The number of nitrogens with one attached hydrogen (secondary N) is 1. The van der Waals surface area contributed by atoms with E-state index in [9.17, 15) is 0 Å². The van der Waals surface area contributed by atoms with Gasteiger partial charge in [-0.3, -0.25) is 0 Å². The summed E-state index contributed by atoms with van der Waals surface area (Å²) in [7, 11) is 1.67. The van der Waals surface area contributed by atoms with Gasteiger partial charge in [0.2, 0.25) is 0 Å². The molecule has 3 rings (SSSR count). The van der Waals surface area contributed by atoms with Crippen molar-refractivity contribution in [2.45, 2.75) is 19.9 Å². The van der Waals surface area contributed by atoms with Crippen LogP contribution in [0.25, 0.3) is 11.2 Å². The summed E-state index contributed by atoms with van der Waals surface area (Å²) in [6, 6.07) is 12.1. The first-order valence-electron chi connectivity index (χ1n) is 6.86. The molecule has 0 aliphatic heterocycles. The van der Waals surface area contributed by atoms with E-state index >= 15 is 0 Å². The Bertz CT molecular complexity index is 818. The Morgan fingerprint density at radius 2 is 1.95 bits per heavy atom. The summed E-state index contributed by atoms with van der Waals surface area (Å²) in [6.45, 7) is 2.80. The molecule has 21 heavy (non-hydrogen) atoms. The van der Waals surface area contributed by atoms with Crippen molar-refractivity contribution in [2.24, 2.45) is 0 Å². The Morgan fingerprint density at radius 3 is 2.67 bits per heavy atom. The lowest BCUT2D eigenvalue weighted by Crippen LogP contribution is -2.02. The Kier molecular flexibility index (Phi) is 3.75. The van der Waals surface area contributed by atoms with Gasteiger partial charge in [0.25, 0.3) is 0 Å². The molecule has 0 aliphatic carbocycles. The van der Waals surface area contributed by atoms with Crippen LogP contribution in [0.3, 0.4) is 0 Å². The quantitative estimate of drug-likeness (QED) is 0.748. The fourth-order valence-corrected chi connectivity index (χ4v) is 2.65. The predicted molar refractivity (Wildman–Crippen MR) is 86.4 cm³/mol. The number of hydrogen-bond donors (Lipinski definition) is 1. The van der Waals surface area contributed by atoms with E-state index in [4.69, 9.17) is 17.0 Å². The molecule has 4 nitrogen and oxygen atoms in total. The lowest BCUT2D eigenvalue weighted by atomic mass is 10.1. The van der Waals surface area contributed by atoms with Crippen LogP contribution in [0.5, 0.6) is 5.75 Å². The number of H-pyrrole nitrogens is 1. The fourth-order valence-electron chi connectivity index (χ4n) is 2.37. The molecule has 1 aromatic carbocycles. The van der Waals surface area contributed by atoms with E-state index in [1.165, 1.54) is 5.56 Å². The summed E-state index contributed by atoms with van der Waals surface area (Å²) in [5.41, 5.74) is 4.16. The SMILES string of the molecule is COc1ccc(CCn2c(=S)[nH]c3ccc(C)nc32)cc1. The first-order valence-corrected chi connectivity index (χ1v) is 7.27. The molecule has 0 bridgehead atoms. The Hall–Kier alpha value is -2.14. The van der Waals surface area contributed by atoms with Crippen LogP contribution >= 0.6 is 12.2 Å². The van der Waals surface area contributed by atoms with Gasteiger partial charge < -0.3 is 14.3 Å². The summed E-state index contributed by atoms with van der Waals surface area (Å²) < 4.78 is 7.95. The summed E-state index contributed by atoms with van der Waals surface area (Å²) in [5, 5.41) is 0. The smallest absolute Gasteiger partial charge is 0.179 e. The number of aryl methyl sites for hydroxylation is 3. The highest BCUT2D eigenvalue weighted by molar-refractivity contribution is 7.71. The van der Waals surface area contributed by atoms with Crippen molar-refractivity contribution in [3.63, 3.8) is 0 Å². The number of hydrogen-bond acceptors (Lipinski definition) is 3. The van der Waals surface area contributed by atoms with E-state index in [0.717, 1.165) is 40.3 Å². The zero-order valence-corrected chi connectivity index (χ0v) is 12.9. The van der Waals surface area contributed by atoms with Crippen molar-refractivity contribution in [1.29, 1.82) is 0 Å². The molecule has 0 fully saturated rings. The van der Waals surface area contributed by atoms with Crippen LogP contribution in [0.1, 0.15) is 11.3 Å². The lowest BCUT2D eigenvalue weighted by Gasteiger charge is -2.06. The highest BCUT2D eigenvalue weighted by atomic mass is 32.1. The molecule has 0 unspecified atom stereocenters. The zero-order chi connectivity index (χ0) is 14.8. The second-order valence-corrected chi connectivity index (χ2v) is 5.39. The van der Waals surface area contributed by atoms with Gasteiger partial charge in [-0.2, -0.15) is 0 Å². The Morgan fingerprint density at radius 1 is 1.19 bits per heavy atom. The monoisotopic (exact) mass is 299 g/mol. The molecule has 0 saturated carbocycles. The fraction of sp³-hybridized carbons (Fsp3) is 0.250. The van der Waals surface area contributed by atoms with Crippen LogP contribution < -0.4 is 4.74 Å². The van der Waals surface area contributed by atoms with Gasteiger partial charge in [0.1, 0.15) is 5.75 Å². The summed E-state index contributed by atoms with van der Waals surface area (Å²) in [4.78, 5) is 7.79. The second-order valence-electron chi connectivity index (χ2n) is 5.00. The molecule has 108 valence electrons. The van der Waals surface area contributed by atoms with Crippen molar-refractivity contribution < 1.29 is 4.74 Å². The van der Waals surface area contributed by atoms with Gasteiger partial charge in [-0.1, -0.05) is 12.1 Å². The largest absolute Gasteiger partial charge is 0.497 e. The number of rotatable bonds is 4. The van der Waals surface area contributed by atoms with Gasteiger partial charge in [-0.15, -0.1) is 0 Å². The normalized spacial score (nSPS) is 11.0. The van der Waals surface area contributed by atoms with Gasteiger partial charge in [0, 0.05) is 12.2 Å². The molecule has 0 saturated heterocycles. The highest BCUT2D eigenvalue weighted by Crippen LogP contribution is 2.15. The number of imidazole rings is 1. The number of benzene rings is 1. The Balaban J connectivity index is 1.85. The molecule has 0 aliphatic rings. The van der Waals surface area contributed by atoms with E-state index in [1.807, 2.05) is 31.2 Å². The van der Waals surface area contributed by atoms with E-state index in [0.29, 0.717) is 0 Å². The molecule has 5 heteroatoms. The van der Waals surface area contributed by atoms with Gasteiger partial charge in [0.05, 0.1) is 12.6 Å². The van der Waals surface area contributed by atoms with E-state index in [-0.39, 0.29) is 0 Å². The standard InChI is InChI=1S/C16H17N3OS/c1-11-3-8-14-15(17-11)19(16(21)18-14)10-9-12-4-6-13(20-2)7-5-12/h3-8H,9-10H2,1-2H3,(H,18,21). The van der Waals surface area contributed by atoms with Gasteiger partial charge >= 0.3 is 0 Å². The summed E-state index contributed by atoms with van der Waals surface area (Å²) in [6.07, 6.45) is 0.904. The minimum absolute atomic E-state index is 0.719. The third-order valence-electron chi connectivity index (χ3n) is 3.54. The number of methoxy groups -OCH3 is 1. The first kappa shape index (κ1) is 13.8. The third-order valence-corrected chi connectivity index (χ3v) is 3.86. The highest BCUT2D eigenvalue weighted by Gasteiger charge is 2.06. The Labute approximate surface area is 128 Å². The first-order chi connectivity index (χ1) is 10.2. The number of ether oxygens (including phenoxy) is 1. The molecule has 1 N–H and O–H groups in total. The van der Waals surface area contributed by atoms with Crippen LogP contribution in [0.2, 0.25) is 0 Å². The van der Waals surface area contributed by atoms with Crippen molar-refractivity contribution in [1.82, 2.24) is 14.5 Å². The maximum atomic E-state index is 5.40. The summed E-state index contributed by atoms with van der Waals surface area (Å²) >= 11 is 5.40. The molecule has 2 heterocycles. The minimum Gasteiger partial charge on any atom is -0.497 e. The average Bonchev–Trinajstić information content (AvgIpc) is 2.80. The molecule has 0 atom stereocenters. The van der Waals surface area contributed by atoms with Crippen molar-refractivity contribution in [3.05, 3.63) is 52.4 Å². The van der Waals surface area contributed by atoms with Crippen LogP contribution in [-0.4, -0.2) is 21.6 Å². The molecule has 0 amide bonds. The number of fused-ring (bicyclic) bond motifs is 1. The number of aromatic amines is 1. The van der Waals surface area contributed by atoms with Crippen molar-refractivity contribution in [3.8, 4) is 5.75 Å². The molecule has 0 radical (unpaired) electrons. The maximum Gasteiger partial charge on any atom is 0.179 e. The summed E-state index contributed by atoms with van der Waals surface area (Å²) in [5.74, 6) is 0.875. The second kappa shape index (κ2) is 5.69. The van der Waals surface area contributed by atoms with E-state index in [1.54, 1.807) is 7.11 Å².